The first-order valence-electron chi connectivity index (χ1n) is 5.03. The number of benzene rings is 1. The molecule has 2 nitrogen and oxygen atoms in total. The lowest BCUT2D eigenvalue weighted by Crippen LogP contribution is -2.10. The third kappa shape index (κ3) is 3.68. The lowest BCUT2D eigenvalue weighted by Gasteiger charge is -2.06. The summed E-state index contributed by atoms with van der Waals surface area (Å²) in [6.07, 6.45) is 2.91. The zero-order valence-corrected chi connectivity index (χ0v) is 9.97. The summed E-state index contributed by atoms with van der Waals surface area (Å²) in [4.78, 5) is 12.8. The molecule has 3 heteroatoms. The molecule has 0 atom stereocenters. The summed E-state index contributed by atoms with van der Waals surface area (Å²) in [5, 5.41) is 0. The second-order valence-electron chi connectivity index (χ2n) is 3.18. The minimum absolute atomic E-state index is 0.0633. The number of carbonyl (C=O) groups excluding carboxylic acids is 1. The maximum atomic E-state index is 11.8. The van der Waals surface area contributed by atoms with Gasteiger partial charge in [-0.05, 0) is 18.7 Å². The van der Waals surface area contributed by atoms with E-state index < -0.39 is 0 Å². The molecule has 0 heterocycles. The molecule has 1 aromatic rings. The van der Waals surface area contributed by atoms with Crippen molar-refractivity contribution >= 4 is 17.5 Å². The van der Waals surface area contributed by atoms with Crippen LogP contribution in [0.3, 0.4) is 0 Å². The van der Waals surface area contributed by atoms with E-state index in [-0.39, 0.29) is 12.4 Å². The van der Waals surface area contributed by atoms with Crippen molar-refractivity contribution < 1.29 is 9.53 Å². The smallest absolute Gasteiger partial charge is 0.189 e. The van der Waals surface area contributed by atoms with Crippen LogP contribution in [0.5, 0.6) is 0 Å². The van der Waals surface area contributed by atoms with Gasteiger partial charge in [0.1, 0.15) is 6.61 Å². The second-order valence-corrected chi connectivity index (χ2v) is 4.02. The Kier molecular flexibility index (Phi) is 5.43. The highest BCUT2D eigenvalue weighted by atomic mass is 32.2. The number of hydrogen-bond donors (Lipinski definition) is 0. The Morgan fingerprint density at radius 1 is 1.40 bits per heavy atom. The molecule has 0 spiro atoms. The van der Waals surface area contributed by atoms with Crippen molar-refractivity contribution in [3.8, 4) is 0 Å². The van der Waals surface area contributed by atoms with Gasteiger partial charge < -0.3 is 4.74 Å². The van der Waals surface area contributed by atoms with Gasteiger partial charge in [0.2, 0.25) is 0 Å². The maximum absolute atomic E-state index is 11.8. The van der Waals surface area contributed by atoms with Crippen LogP contribution >= 0.6 is 11.8 Å². The van der Waals surface area contributed by atoms with Crippen LogP contribution in [0.4, 0.5) is 0 Å². The third-order valence-corrected chi connectivity index (χ3v) is 2.78. The summed E-state index contributed by atoms with van der Waals surface area (Å²) < 4.78 is 5.24. The Balaban J connectivity index is 2.64. The van der Waals surface area contributed by atoms with Crippen LogP contribution < -0.4 is 0 Å². The van der Waals surface area contributed by atoms with Crippen LogP contribution in [0.25, 0.3) is 0 Å². The molecular weight excluding hydrogens is 208 g/mol. The van der Waals surface area contributed by atoms with Gasteiger partial charge in [-0.1, -0.05) is 25.1 Å². The Morgan fingerprint density at radius 2 is 2.13 bits per heavy atom. The van der Waals surface area contributed by atoms with E-state index >= 15 is 0 Å². The van der Waals surface area contributed by atoms with E-state index in [2.05, 4.69) is 0 Å². The molecule has 1 aromatic carbocycles. The summed E-state index contributed by atoms with van der Waals surface area (Å²) in [7, 11) is 0. The number of ketones is 1. The van der Waals surface area contributed by atoms with E-state index in [0.717, 1.165) is 16.9 Å². The van der Waals surface area contributed by atoms with Gasteiger partial charge >= 0.3 is 0 Å². The van der Waals surface area contributed by atoms with Gasteiger partial charge in [-0.2, -0.15) is 0 Å². The largest absolute Gasteiger partial charge is 0.373 e. The molecule has 15 heavy (non-hydrogen) atoms. The number of Topliss-reactive ketones (excluding diaryl/α,β-unsaturated/α-hetero) is 1. The van der Waals surface area contributed by atoms with Gasteiger partial charge in [0.25, 0.3) is 0 Å². The minimum Gasteiger partial charge on any atom is -0.373 e. The molecule has 0 fully saturated rings. The third-order valence-electron chi connectivity index (χ3n) is 1.99. The molecular formula is C12H16O2S. The maximum Gasteiger partial charge on any atom is 0.189 e. The summed E-state index contributed by atoms with van der Waals surface area (Å²) >= 11 is 1.59. The summed E-state index contributed by atoms with van der Waals surface area (Å²) in [5.74, 6) is 0.0633. The van der Waals surface area contributed by atoms with Crippen molar-refractivity contribution in [3.05, 3.63) is 29.8 Å². The number of hydrogen-bond acceptors (Lipinski definition) is 3. The van der Waals surface area contributed by atoms with Crippen LogP contribution in [0.2, 0.25) is 0 Å². The van der Waals surface area contributed by atoms with Gasteiger partial charge in [-0.15, -0.1) is 11.8 Å². The first-order chi connectivity index (χ1) is 7.29. The van der Waals surface area contributed by atoms with Crippen molar-refractivity contribution in [2.45, 2.75) is 18.2 Å². The zero-order chi connectivity index (χ0) is 11.1. The van der Waals surface area contributed by atoms with E-state index in [0.29, 0.717) is 6.61 Å². The number of rotatable bonds is 6. The molecule has 0 aliphatic carbocycles. The molecule has 0 aromatic heterocycles. The first kappa shape index (κ1) is 12.3. The fourth-order valence-corrected chi connectivity index (χ4v) is 1.88. The van der Waals surface area contributed by atoms with Crippen LogP contribution in [0.1, 0.15) is 23.7 Å². The molecule has 0 radical (unpaired) electrons. The van der Waals surface area contributed by atoms with Gasteiger partial charge in [0.05, 0.1) is 0 Å². The highest BCUT2D eigenvalue weighted by Crippen LogP contribution is 2.20. The fourth-order valence-electron chi connectivity index (χ4n) is 1.26. The Bertz CT molecular complexity index is 323. The standard InChI is InChI=1S/C12H16O2S/c1-3-8-14-9-11(13)10-6-4-5-7-12(10)15-2/h4-7H,3,8-9H2,1-2H3. The number of thioether (sulfide) groups is 1. The predicted molar refractivity (Wildman–Crippen MR) is 63.7 cm³/mol. The number of carbonyl (C=O) groups is 1. The van der Waals surface area contributed by atoms with Gasteiger partial charge in [0, 0.05) is 17.1 Å². The molecule has 0 unspecified atom stereocenters. The lowest BCUT2D eigenvalue weighted by atomic mass is 10.1. The van der Waals surface area contributed by atoms with Gasteiger partial charge in [-0.3, -0.25) is 4.79 Å². The molecule has 0 saturated heterocycles. The summed E-state index contributed by atoms with van der Waals surface area (Å²) in [6, 6.07) is 7.63. The van der Waals surface area contributed by atoms with E-state index in [1.807, 2.05) is 37.4 Å². The highest BCUT2D eigenvalue weighted by Gasteiger charge is 2.09. The summed E-state index contributed by atoms with van der Waals surface area (Å²) in [5.41, 5.74) is 0.765. The van der Waals surface area contributed by atoms with Crippen molar-refractivity contribution in [1.29, 1.82) is 0 Å². The molecule has 0 bridgehead atoms. The topological polar surface area (TPSA) is 26.3 Å². The van der Waals surface area contributed by atoms with Gasteiger partial charge in [-0.25, -0.2) is 0 Å². The fraction of sp³-hybridized carbons (Fsp3) is 0.417. The lowest BCUT2D eigenvalue weighted by molar-refractivity contribution is 0.0758. The molecule has 0 aliphatic heterocycles. The van der Waals surface area contributed by atoms with Crippen LogP contribution in [-0.2, 0) is 4.74 Å². The quantitative estimate of drug-likeness (QED) is 0.422. The normalized spacial score (nSPS) is 10.3. The molecule has 0 saturated carbocycles. The Morgan fingerprint density at radius 3 is 2.80 bits per heavy atom. The highest BCUT2D eigenvalue weighted by molar-refractivity contribution is 7.98. The molecule has 0 N–H and O–H groups in total. The zero-order valence-electron chi connectivity index (χ0n) is 9.16. The van der Waals surface area contributed by atoms with Crippen molar-refractivity contribution in [2.24, 2.45) is 0 Å². The average molecular weight is 224 g/mol. The van der Waals surface area contributed by atoms with Crippen LogP contribution in [0.15, 0.2) is 29.2 Å². The molecule has 0 amide bonds. The van der Waals surface area contributed by atoms with E-state index in [1.165, 1.54) is 0 Å². The molecule has 0 aliphatic rings. The van der Waals surface area contributed by atoms with Crippen molar-refractivity contribution in [2.75, 3.05) is 19.5 Å². The SMILES string of the molecule is CCCOCC(=O)c1ccccc1SC. The van der Waals surface area contributed by atoms with Crippen LogP contribution in [-0.4, -0.2) is 25.3 Å². The number of ether oxygens (including phenoxy) is 1. The van der Waals surface area contributed by atoms with Crippen LogP contribution in [0, 0.1) is 0 Å². The first-order valence-corrected chi connectivity index (χ1v) is 6.26. The molecule has 1 rings (SSSR count). The molecule has 82 valence electrons. The predicted octanol–water partition coefficient (Wildman–Crippen LogP) is 3.02. The second kappa shape index (κ2) is 6.64. The average Bonchev–Trinajstić information content (AvgIpc) is 2.29. The van der Waals surface area contributed by atoms with Crippen molar-refractivity contribution in [1.82, 2.24) is 0 Å². The summed E-state index contributed by atoms with van der Waals surface area (Å²) in [6.45, 7) is 2.86. The minimum atomic E-state index is 0.0633. The van der Waals surface area contributed by atoms with E-state index in [9.17, 15) is 4.79 Å². The van der Waals surface area contributed by atoms with E-state index in [1.54, 1.807) is 11.8 Å². The van der Waals surface area contributed by atoms with E-state index in [4.69, 9.17) is 4.74 Å². The monoisotopic (exact) mass is 224 g/mol. The van der Waals surface area contributed by atoms with Crippen molar-refractivity contribution in [3.63, 3.8) is 0 Å². The van der Waals surface area contributed by atoms with Gasteiger partial charge in [0.15, 0.2) is 5.78 Å². The Hall–Kier alpha value is -0.800. The Labute approximate surface area is 95.0 Å².